The first kappa shape index (κ1) is 30.7. The Hall–Kier alpha value is -2.06. The topological polar surface area (TPSA) is 146 Å². The maximum absolute atomic E-state index is 11.2. The maximum Gasteiger partial charge on any atom is 1.00 e. The molecule has 150 valence electrons. The molecule has 7 nitrogen and oxygen atoms in total. The van der Waals surface area contributed by atoms with Crippen LogP contribution in [0.4, 0.5) is 11.4 Å². The van der Waals surface area contributed by atoms with E-state index in [1.807, 2.05) is 26.8 Å². The molecule has 0 amide bonds. The van der Waals surface area contributed by atoms with Crippen LogP contribution in [0.25, 0.3) is 0 Å². The van der Waals surface area contributed by atoms with Gasteiger partial charge < -0.3 is 26.8 Å². The summed E-state index contributed by atoms with van der Waals surface area (Å²) in [4.78, 5) is 21.8. The summed E-state index contributed by atoms with van der Waals surface area (Å²) in [6.07, 6.45) is 0. The molecule has 0 bridgehead atoms. The molecule has 2 rings (SSSR count). The summed E-state index contributed by atoms with van der Waals surface area (Å²) in [6, 6.07) is 6.80. The SMILES string of the molecule is C.COC(=O)c1cc(N)c(C)cc1C.Cc1cc(C)c(C(=O)O)cc1N.[Na+].[OH-]. The standard InChI is InChI=1S/C10H13NO2.C9H11NO2.CH4.Na.H2O/c1-6-4-7(2)9(11)5-8(6)10(12)13-3;1-5-3-6(2)8(10)4-7(5)9(11)12;;;/h4-5H,11H2,1-3H3;3-4H,10H2,1-2H3,(H,11,12);1H4;;1H2/q;;;+1;/p-1. The molecule has 0 aliphatic rings. The number of carboxylic acids is 1. The van der Waals surface area contributed by atoms with Crippen molar-refractivity contribution in [2.75, 3.05) is 18.6 Å². The second-order valence-electron chi connectivity index (χ2n) is 5.84. The number of nitrogens with two attached hydrogens (primary N) is 2. The summed E-state index contributed by atoms with van der Waals surface area (Å²) in [6.45, 7) is 7.38. The summed E-state index contributed by atoms with van der Waals surface area (Å²) < 4.78 is 4.62. The number of nitrogen functional groups attached to an aromatic ring is 2. The molecule has 0 saturated heterocycles. The summed E-state index contributed by atoms with van der Waals surface area (Å²) in [5.74, 6) is -1.27. The molecule has 0 heterocycles. The van der Waals surface area contributed by atoms with Crippen LogP contribution in [0.3, 0.4) is 0 Å². The van der Waals surface area contributed by atoms with E-state index in [2.05, 4.69) is 4.74 Å². The summed E-state index contributed by atoms with van der Waals surface area (Å²) >= 11 is 0. The van der Waals surface area contributed by atoms with Crippen LogP contribution >= 0.6 is 0 Å². The summed E-state index contributed by atoms with van der Waals surface area (Å²) in [5.41, 5.74) is 16.7. The Bertz CT molecular complexity index is 823. The van der Waals surface area contributed by atoms with Crippen molar-refractivity contribution < 1.29 is 54.5 Å². The fourth-order valence-corrected chi connectivity index (χ4v) is 2.30. The van der Waals surface area contributed by atoms with Gasteiger partial charge in [-0.15, -0.1) is 0 Å². The fourth-order valence-electron chi connectivity index (χ4n) is 2.30. The van der Waals surface area contributed by atoms with Gasteiger partial charge in [-0.3, -0.25) is 0 Å². The van der Waals surface area contributed by atoms with Crippen molar-refractivity contribution in [1.29, 1.82) is 0 Å². The van der Waals surface area contributed by atoms with Crippen LogP contribution in [-0.2, 0) is 4.74 Å². The molecular weight excluding hydrogens is 371 g/mol. The number of anilines is 2. The second-order valence-corrected chi connectivity index (χ2v) is 5.84. The van der Waals surface area contributed by atoms with E-state index in [-0.39, 0.29) is 54.0 Å². The number of benzene rings is 2. The molecule has 0 atom stereocenters. The zero-order valence-corrected chi connectivity index (χ0v) is 18.6. The number of carbonyl (C=O) groups is 2. The molecule has 0 saturated carbocycles. The van der Waals surface area contributed by atoms with Crippen molar-refractivity contribution in [2.45, 2.75) is 35.1 Å². The number of carbonyl (C=O) groups excluding carboxylic acids is 1. The average molecular weight is 400 g/mol. The van der Waals surface area contributed by atoms with E-state index in [1.165, 1.54) is 13.2 Å². The Labute approximate surface area is 188 Å². The third kappa shape index (κ3) is 7.90. The molecule has 2 aromatic rings. The van der Waals surface area contributed by atoms with Gasteiger partial charge >= 0.3 is 41.5 Å². The molecule has 6 N–H and O–H groups in total. The molecular formula is C20H29N2NaO5. The van der Waals surface area contributed by atoms with Crippen molar-refractivity contribution in [3.63, 3.8) is 0 Å². The number of methoxy groups -OCH3 is 1. The normalized spacial score (nSPS) is 8.75. The molecule has 2 aromatic carbocycles. The quantitative estimate of drug-likeness (QED) is 0.382. The number of ether oxygens (including phenoxy) is 1. The Morgan fingerprint density at radius 1 is 0.821 bits per heavy atom. The Kier molecular flexibility index (Phi) is 14.4. The smallest absolute Gasteiger partial charge is 0.870 e. The van der Waals surface area contributed by atoms with Crippen LogP contribution in [0, 0.1) is 27.7 Å². The van der Waals surface area contributed by atoms with Crippen LogP contribution in [0.2, 0.25) is 0 Å². The number of esters is 1. The zero-order chi connectivity index (χ0) is 19.3. The van der Waals surface area contributed by atoms with Gasteiger partial charge in [-0.2, -0.15) is 0 Å². The van der Waals surface area contributed by atoms with E-state index in [0.29, 0.717) is 16.9 Å². The van der Waals surface area contributed by atoms with E-state index < -0.39 is 5.97 Å². The molecule has 28 heavy (non-hydrogen) atoms. The molecule has 0 spiro atoms. The van der Waals surface area contributed by atoms with Crippen molar-refractivity contribution in [3.8, 4) is 0 Å². The van der Waals surface area contributed by atoms with Crippen molar-refractivity contribution in [2.24, 2.45) is 0 Å². The molecule has 0 unspecified atom stereocenters. The van der Waals surface area contributed by atoms with E-state index in [4.69, 9.17) is 16.6 Å². The first-order chi connectivity index (χ1) is 11.6. The molecule has 0 radical (unpaired) electrons. The summed E-state index contributed by atoms with van der Waals surface area (Å²) in [5, 5.41) is 8.73. The average Bonchev–Trinajstić information content (AvgIpc) is 2.54. The minimum Gasteiger partial charge on any atom is -0.870 e. The minimum absolute atomic E-state index is 0. The Morgan fingerprint density at radius 3 is 1.54 bits per heavy atom. The first-order valence-corrected chi connectivity index (χ1v) is 7.63. The van der Waals surface area contributed by atoms with Crippen molar-refractivity contribution in [1.82, 2.24) is 0 Å². The molecule has 8 heteroatoms. The molecule has 0 fully saturated rings. The van der Waals surface area contributed by atoms with Gasteiger partial charge in [-0.25, -0.2) is 9.59 Å². The van der Waals surface area contributed by atoms with E-state index in [1.54, 1.807) is 19.1 Å². The van der Waals surface area contributed by atoms with Gasteiger partial charge in [0.05, 0.1) is 18.2 Å². The van der Waals surface area contributed by atoms with Gasteiger partial charge in [0.2, 0.25) is 0 Å². The minimum atomic E-state index is -0.931. The van der Waals surface area contributed by atoms with Crippen molar-refractivity contribution in [3.05, 3.63) is 57.6 Å². The van der Waals surface area contributed by atoms with Gasteiger partial charge in [0.1, 0.15) is 0 Å². The first-order valence-electron chi connectivity index (χ1n) is 7.63. The van der Waals surface area contributed by atoms with E-state index in [0.717, 1.165) is 22.3 Å². The Morgan fingerprint density at radius 2 is 1.18 bits per heavy atom. The van der Waals surface area contributed by atoms with E-state index in [9.17, 15) is 9.59 Å². The summed E-state index contributed by atoms with van der Waals surface area (Å²) in [7, 11) is 1.36. The van der Waals surface area contributed by atoms with E-state index >= 15 is 0 Å². The molecule has 0 aromatic heterocycles. The number of hydrogen-bond donors (Lipinski definition) is 3. The Balaban J connectivity index is -0.000000404. The van der Waals surface area contributed by atoms with Crippen LogP contribution in [0.15, 0.2) is 24.3 Å². The molecule has 0 aliphatic carbocycles. The van der Waals surface area contributed by atoms with Crippen LogP contribution in [0.5, 0.6) is 0 Å². The van der Waals surface area contributed by atoms with Gasteiger partial charge in [-0.1, -0.05) is 19.6 Å². The number of aryl methyl sites for hydroxylation is 4. The second kappa shape index (κ2) is 13.2. The largest absolute Gasteiger partial charge is 1.00 e. The zero-order valence-electron chi connectivity index (χ0n) is 16.6. The third-order valence-electron chi connectivity index (χ3n) is 3.86. The predicted octanol–water partition coefficient (Wildman–Crippen LogP) is 0.719. The fraction of sp³-hybridized carbons (Fsp3) is 0.300. The van der Waals surface area contributed by atoms with Crippen LogP contribution < -0.4 is 41.0 Å². The van der Waals surface area contributed by atoms with Crippen LogP contribution in [0.1, 0.15) is 50.4 Å². The third-order valence-corrected chi connectivity index (χ3v) is 3.86. The van der Waals surface area contributed by atoms with Gasteiger partial charge in [0, 0.05) is 11.4 Å². The monoisotopic (exact) mass is 400 g/mol. The van der Waals surface area contributed by atoms with Gasteiger partial charge in [0.25, 0.3) is 0 Å². The molecule has 0 aliphatic heterocycles. The van der Waals surface area contributed by atoms with Gasteiger partial charge in [0.15, 0.2) is 0 Å². The number of aromatic carboxylic acids is 1. The number of carboxylic acid groups (broad SMARTS) is 1. The van der Waals surface area contributed by atoms with Crippen molar-refractivity contribution >= 4 is 23.3 Å². The predicted molar refractivity (Wildman–Crippen MR) is 108 cm³/mol. The number of rotatable bonds is 2. The van der Waals surface area contributed by atoms with Crippen LogP contribution in [-0.4, -0.2) is 29.6 Å². The van der Waals surface area contributed by atoms with Gasteiger partial charge in [-0.05, 0) is 62.1 Å². The maximum atomic E-state index is 11.2. The number of hydrogen-bond acceptors (Lipinski definition) is 6.